The third-order valence-electron chi connectivity index (χ3n) is 1.56. The van der Waals surface area contributed by atoms with E-state index in [0.717, 1.165) is 11.2 Å². The van der Waals surface area contributed by atoms with Crippen LogP contribution >= 0.6 is 0 Å². The molecule has 0 spiro atoms. The number of hydrogen-bond donors (Lipinski definition) is 1. The maximum Gasteiger partial charge on any atom is 0.323 e. The fourth-order valence-electron chi connectivity index (χ4n) is 1.04. The highest BCUT2D eigenvalue weighted by Gasteiger charge is 2.19. The Bertz CT molecular complexity index is 335. The molecule has 15 heavy (non-hydrogen) atoms. The summed E-state index contributed by atoms with van der Waals surface area (Å²) in [5, 5.41) is 8.51. The van der Waals surface area contributed by atoms with Crippen LogP contribution in [-0.2, 0) is 19.4 Å². The molecule has 0 rings (SSSR count). The second-order valence-corrected chi connectivity index (χ2v) is 5.42. The molecule has 1 amide bonds. The molecule has 0 heterocycles. The van der Waals surface area contributed by atoms with Crippen LogP contribution in [0.25, 0.3) is 0 Å². The fourth-order valence-corrected chi connectivity index (χ4v) is 1.67. The summed E-state index contributed by atoms with van der Waals surface area (Å²) in [5.74, 6) is -2.45. The molecule has 0 atom stereocenters. The number of carboxylic acid groups (broad SMARTS) is 1. The van der Waals surface area contributed by atoms with E-state index in [1.165, 1.54) is 0 Å². The number of nitrogens with zero attached hydrogens (tertiary/aromatic N) is 1. The molecule has 0 bridgehead atoms. The van der Waals surface area contributed by atoms with Gasteiger partial charge in [0.05, 0.1) is 0 Å². The topological polar surface area (TPSA) is 91.8 Å². The monoisotopic (exact) mass is 237 g/mol. The molecule has 0 radical (unpaired) electrons. The highest BCUT2D eigenvalue weighted by molar-refractivity contribution is 7.91. The van der Waals surface area contributed by atoms with E-state index in [4.69, 9.17) is 5.11 Å². The van der Waals surface area contributed by atoms with Gasteiger partial charge in [0.1, 0.15) is 12.3 Å². The van der Waals surface area contributed by atoms with Crippen LogP contribution in [0.2, 0.25) is 0 Å². The fraction of sp³-hybridized carbons (Fsp3) is 0.750. The minimum Gasteiger partial charge on any atom is -0.480 e. The molecule has 0 aromatic carbocycles. The van der Waals surface area contributed by atoms with Crippen LogP contribution in [0.5, 0.6) is 0 Å². The predicted molar refractivity (Wildman–Crippen MR) is 54.2 cm³/mol. The number of sulfone groups is 1. The Kier molecular flexibility index (Phi) is 5.27. The lowest BCUT2D eigenvalue weighted by Gasteiger charge is -2.19. The second-order valence-electron chi connectivity index (χ2n) is 3.28. The quantitative estimate of drug-likeness (QED) is 0.663. The van der Waals surface area contributed by atoms with Gasteiger partial charge in [-0.2, -0.15) is 0 Å². The minimum atomic E-state index is -3.41. The molecule has 0 aliphatic carbocycles. The molecule has 1 N–H and O–H groups in total. The van der Waals surface area contributed by atoms with Crippen LogP contribution < -0.4 is 0 Å². The van der Waals surface area contributed by atoms with Gasteiger partial charge in [0, 0.05) is 12.8 Å². The Balaban J connectivity index is 4.48. The van der Waals surface area contributed by atoms with Gasteiger partial charge in [-0.05, 0) is 6.42 Å². The van der Waals surface area contributed by atoms with Crippen molar-refractivity contribution in [3.63, 3.8) is 0 Å². The van der Waals surface area contributed by atoms with Gasteiger partial charge in [0.2, 0.25) is 5.91 Å². The summed E-state index contributed by atoms with van der Waals surface area (Å²) in [6, 6.07) is 0. The molecular weight excluding hydrogens is 222 g/mol. The summed E-state index contributed by atoms with van der Waals surface area (Å²) < 4.78 is 21.7. The molecule has 0 aliphatic rings. The van der Waals surface area contributed by atoms with Crippen molar-refractivity contribution < 1.29 is 23.1 Å². The number of amides is 1. The van der Waals surface area contributed by atoms with Crippen molar-refractivity contribution in [1.82, 2.24) is 4.90 Å². The average Bonchev–Trinajstić information content (AvgIpc) is 1.99. The molecule has 88 valence electrons. The van der Waals surface area contributed by atoms with E-state index in [-0.39, 0.29) is 6.54 Å². The van der Waals surface area contributed by atoms with Crippen molar-refractivity contribution in [3.05, 3.63) is 0 Å². The van der Waals surface area contributed by atoms with Crippen LogP contribution in [0.3, 0.4) is 0 Å². The first kappa shape index (κ1) is 13.9. The van der Waals surface area contributed by atoms with Gasteiger partial charge in [-0.25, -0.2) is 8.42 Å². The summed E-state index contributed by atoms with van der Waals surface area (Å²) in [7, 11) is -3.41. The molecule has 6 nitrogen and oxygen atoms in total. The van der Waals surface area contributed by atoms with E-state index in [1.54, 1.807) is 6.92 Å². The lowest BCUT2D eigenvalue weighted by molar-refractivity contribution is -0.143. The van der Waals surface area contributed by atoms with E-state index in [1.807, 2.05) is 0 Å². The summed E-state index contributed by atoms with van der Waals surface area (Å²) >= 11 is 0. The molecule has 7 heteroatoms. The molecule has 0 saturated carbocycles. The highest BCUT2D eigenvalue weighted by atomic mass is 32.2. The van der Waals surface area contributed by atoms with Gasteiger partial charge in [0.15, 0.2) is 9.84 Å². The largest absolute Gasteiger partial charge is 0.480 e. The van der Waals surface area contributed by atoms with E-state index in [9.17, 15) is 18.0 Å². The predicted octanol–water partition coefficient (Wildman–Crippen LogP) is -0.646. The summed E-state index contributed by atoms with van der Waals surface area (Å²) in [6.45, 7) is 1.57. The third kappa shape index (κ3) is 6.89. The van der Waals surface area contributed by atoms with E-state index < -0.39 is 34.0 Å². The molecule has 0 aromatic rings. The van der Waals surface area contributed by atoms with Gasteiger partial charge in [0.25, 0.3) is 0 Å². The minimum absolute atomic E-state index is 0.251. The van der Waals surface area contributed by atoms with Crippen LogP contribution in [0.4, 0.5) is 0 Å². The Labute approximate surface area is 88.8 Å². The maximum absolute atomic E-state index is 11.4. The molecular formula is C8H15NO5S. The van der Waals surface area contributed by atoms with Crippen LogP contribution in [0.1, 0.15) is 13.3 Å². The lowest BCUT2D eigenvalue weighted by atomic mass is 10.4. The molecule has 0 fully saturated rings. The zero-order valence-electron chi connectivity index (χ0n) is 8.76. The smallest absolute Gasteiger partial charge is 0.323 e. The standard InChI is InChI=1S/C8H15NO5S/c1-3-4-9(5-8(11)12)7(10)6-15(2,13)14/h3-6H2,1-2H3,(H,11,12). The van der Waals surface area contributed by atoms with Crippen molar-refractivity contribution in [2.24, 2.45) is 0 Å². The molecule has 0 saturated heterocycles. The normalized spacial score (nSPS) is 11.1. The van der Waals surface area contributed by atoms with Crippen molar-refractivity contribution in [2.75, 3.05) is 25.1 Å². The first-order valence-electron chi connectivity index (χ1n) is 4.43. The van der Waals surface area contributed by atoms with Gasteiger partial charge < -0.3 is 10.0 Å². The summed E-state index contributed by atoms with van der Waals surface area (Å²) in [4.78, 5) is 22.8. The summed E-state index contributed by atoms with van der Waals surface area (Å²) in [5.41, 5.74) is 0. The number of rotatable bonds is 6. The number of hydrogen-bond acceptors (Lipinski definition) is 4. The lowest BCUT2D eigenvalue weighted by Crippen LogP contribution is -2.39. The van der Waals surface area contributed by atoms with Gasteiger partial charge in [-0.15, -0.1) is 0 Å². The Hall–Kier alpha value is -1.11. The molecule has 0 aliphatic heterocycles. The third-order valence-corrected chi connectivity index (χ3v) is 2.33. The SMILES string of the molecule is CCCN(CC(=O)O)C(=O)CS(C)(=O)=O. The first-order valence-corrected chi connectivity index (χ1v) is 6.49. The molecule has 0 unspecified atom stereocenters. The van der Waals surface area contributed by atoms with Gasteiger partial charge >= 0.3 is 5.97 Å². The van der Waals surface area contributed by atoms with E-state index in [0.29, 0.717) is 6.42 Å². The van der Waals surface area contributed by atoms with Crippen LogP contribution in [-0.4, -0.2) is 55.4 Å². The van der Waals surface area contributed by atoms with Crippen molar-refractivity contribution >= 4 is 21.7 Å². The average molecular weight is 237 g/mol. The van der Waals surface area contributed by atoms with E-state index in [2.05, 4.69) is 0 Å². The number of carbonyl (C=O) groups is 2. The van der Waals surface area contributed by atoms with E-state index >= 15 is 0 Å². The summed E-state index contributed by atoms with van der Waals surface area (Å²) in [6.07, 6.45) is 1.53. The first-order chi connectivity index (χ1) is 6.76. The second kappa shape index (κ2) is 5.69. The number of aliphatic carboxylic acids is 1. The van der Waals surface area contributed by atoms with Gasteiger partial charge in [-0.3, -0.25) is 9.59 Å². The highest BCUT2D eigenvalue weighted by Crippen LogP contribution is 1.96. The van der Waals surface area contributed by atoms with Crippen molar-refractivity contribution in [1.29, 1.82) is 0 Å². The van der Waals surface area contributed by atoms with Crippen LogP contribution in [0, 0.1) is 0 Å². The number of carboxylic acids is 1. The van der Waals surface area contributed by atoms with Crippen molar-refractivity contribution in [2.45, 2.75) is 13.3 Å². The van der Waals surface area contributed by atoms with Gasteiger partial charge in [-0.1, -0.05) is 6.92 Å². The molecule has 0 aromatic heterocycles. The Morgan fingerprint density at radius 2 is 1.87 bits per heavy atom. The zero-order valence-corrected chi connectivity index (χ0v) is 9.58. The maximum atomic E-state index is 11.4. The zero-order chi connectivity index (χ0) is 12.1. The Morgan fingerprint density at radius 3 is 2.20 bits per heavy atom. The van der Waals surface area contributed by atoms with Crippen molar-refractivity contribution in [3.8, 4) is 0 Å². The van der Waals surface area contributed by atoms with Crippen LogP contribution in [0.15, 0.2) is 0 Å². The number of carbonyl (C=O) groups excluding carboxylic acids is 1. The Morgan fingerprint density at radius 1 is 1.33 bits per heavy atom.